The predicted molar refractivity (Wildman–Crippen MR) is 84.5 cm³/mol. The standard InChI is InChI=1S/C15H20BrN3O2/c1-9-8-13(12(4)21-9)15(20)17-6-5-7-19-11(3)14(16)10(2)18-19/h8H,5-7H2,1-4H3,(H,17,20). The third-order valence-electron chi connectivity index (χ3n) is 3.41. The van der Waals surface area contributed by atoms with Gasteiger partial charge >= 0.3 is 0 Å². The fourth-order valence-electron chi connectivity index (χ4n) is 2.27. The van der Waals surface area contributed by atoms with Crippen molar-refractivity contribution in [3.8, 4) is 0 Å². The van der Waals surface area contributed by atoms with Gasteiger partial charge in [0.25, 0.3) is 5.91 Å². The summed E-state index contributed by atoms with van der Waals surface area (Å²) in [4.78, 5) is 12.0. The van der Waals surface area contributed by atoms with Gasteiger partial charge in [0, 0.05) is 18.8 Å². The van der Waals surface area contributed by atoms with Gasteiger partial charge in [-0.3, -0.25) is 9.48 Å². The fourth-order valence-corrected chi connectivity index (χ4v) is 2.56. The Morgan fingerprint density at radius 3 is 2.62 bits per heavy atom. The maximum Gasteiger partial charge on any atom is 0.254 e. The number of halogens is 1. The van der Waals surface area contributed by atoms with Gasteiger partial charge in [-0.25, -0.2) is 0 Å². The van der Waals surface area contributed by atoms with Crippen LogP contribution >= 0.6 is 15.9 Å². The van der Waals surface area contributed by atoms with Crippen molar-refractivity contribution in [3.63, 3.8) is 0 Å². The molecule has 0 aromatic carbocycles. The monoisotopic (exact) mass is 353 g/mol. The molecule has 0 saturated heterocycles. The van der Waals surface area contributed by atoms with Crippen molar-refractivity contribution in [2.45, 2.75) is 40.7 Å². The van der Waals surface area contributed by atoms with Crippen LogP contribution in [-0.4, -0.2) is 22.2 Å². The molecular formula is C15H20BrN3O2. The van der Waals surface area contributed by atoms with Gasteiger partial charge in [0.2, 0.25) is 0 Å². The Morgan fingerprint density at radius 1 is 1.38 bits per heavy atom. The van der Waals surface area contributed by atoms with E-state index < -0.39 is 0 Å². The minimum Gasteiger partial charge on any atom is -0.466 e. The summed E-state index contributed by atoms with van der Waals surface area (Å²) >= 11 is 3.51. The van der Waals surface area contributed by atoms with Crippen molar-refractivity contribution in [2.24, 2.45) is 0 Å². The lowest BCUT2D eigenvalue weighted by molar-refractivity contribution is 0.0951. The Hall–Kier alpha value is -1.56. The smallest absolute Gasteiger partial charge is 0.254 e. The maximum absolute atomic E-state index is 12.0. The number of aryl methyl sites for hydroxylation is 4. The van der Waals surface area contributed by atoms with Crippen LogP contribution in [0.25, 0.3) is 0 Å². The number of rotatable bonds is 5. The fraction of sp³-hybridized carbons (Fsp3) is 0.467. The zero-order valence-corrected chi connectivity index (χ0v) is 14.4. The Kier molecular flexibility index (Phi) is 4.88. The van der Waals surface area contributed by atoms with Crippen LogP contribution in [0.2, 0.25) is 0 Å². The second-order valence-corrected chi connectivity index (χ2v) is 5.94. The molecule has 1 N–H and O–H groups in total. The number of aromatic nitrogens is 2. The zero-order chi connectivity index (χ0) is 15.6. The van der Waals surface area contributed by atoms with Gasteiger partial charge in [0.1, 0.15) is 11.5 Å². The summed E-state index contributed by atoms with van der Waals surface area (Å²) in [5, 5.41) is 7.36. The lowest BCUT2D eigenvalue weighted by atomic mass is 10.2. The van der Waals surface area contributed by atoms with Gasteiger partial charge in [-0.05, 0) is 56.1 Å². The maximum atomic E-state index is 12.0. The van der Waals surface area contributed by atoms with Gasteiger partial charge in [-0.1, -0.05) is 0 Å². The Labute approximate surface area is 132 Å². The summed E-state index contributed by atoms with van der Waals surface area (Å²) in [5.74, 6) is 1.33. The summed E-state index contributed by atoms with van der Waals surface area (Å²) in [6.45, 7) is 9.03. The molecule has 1 amide bonds. The van der Waals surface area contributed by atoms with E-state index in [4.69, 9.17) is 4.42 Å². The third kappa shape index (κ3) is 3.56. The molecule has 0 aliphatic carbocycles. The first-order chi connectivity index (χ1) is 9.90. The SMILES string of the molecule is Cc1cc(C(=O)NCCCn2nc(C)c(Br)c2C)c(C)o1. The number of nitrogens with one attached hydrogen (secondary N) is 1. The highest BCUT2D eigenvalue weighted by Crippen LogP contribution is 2.19. The van der Waals surface area contributed by atoms with E-state index in [1.54, 1.807) is 13.0 Å². The average molecular weight is 354 g/mol. The first kappa shape index (κ1) is 15.8. The van der Waals surface area contributed by atoms with Crippen molar-refractivity contribution in [1.29, 1.82) is 0 Å². The molecular weight excluding hydrogens is 334 g/mol. The van der Waals surface area contributed by atoms with E-state index in [1.807, 2.05) is 25.5 Å². The van der Waals surface area contributed by atoms with Crippen LogP contribution in [0.3, 0.4) is 0 Å². The molecule has 2 aromatic rings. The van der Waals surface area contributed by atoms with E-state index in [-0.39, 0.29) is 5.91 Å². The van der Waals surface area contributed by atoms with Crippen LogP contribution in [0.15, 0.2) is 15.0 Å². The second kappa shape index (κ2) is 6.47. The van der Waals surface area contributed by atoms with Crippen LogP contribution in [0.5, 0.6) is 0 Å². The lowest BCUT2D eigenvalue weighted by Gasteiger charge is -2.06. The van der Waals surface area contributed by atoms with E-state index in [1.165, 1.54) is 0 Å². The number of hydrogen-bond acceptors (Lipinski definition) is 3. The van der Waals surface area contributed by atoms with Crippen molar-refractivity contribution >= 4 is 21.8 Å². The molecule has 0 aliphatic rings. The van der Waals surface area contributed by atoms with Gasteiger partial charge in [0.15, 0.2) is 0 Å². The molecule has 21 heavy (non-hydrogen) atoms. The predicted octanol–water partition coefficient (Wildman–Crippen LogP) is 3.29. The molecule has 0 bridgehead atoms. The second-order valence-electron chi connectivity index (χ2n) is 5.14. The van der Waals surface area contributed by atoms with Crippen molar-refractivity contribution in [2.75, 3.05) is 6.54 Å². The van der Waals surface area contributed by atoms with Gasteiger partial charge in [0.05, 0.1) is 15.7 Å². The van der Waals surface area contributed by atoms with Crippen molar-refractivity contribution in [1.82, 2.24) is 15.1 Å². The number of amides is 1. The molecule has 0 saturated carbocycles. The quantitative estimate of drug-likeness (QED) is 0.839. The number of nitrogens with zero attached hydrogens (tertiary/aromatic N) is 2. The molecule has 0 fully saturated rings. The van der Waals surface area contributed by atoms with Crippen LogP contribution in [0.4, 0.5) is 0 Å². The third-order valence-corrected chi connectivity index (χ3v) is 4.56. The molecule has 6 heteroatoms. The van der Waals surface area contributed by atoms with Crippen LogP contribution in [0, 0.1) is 27.7 Å². The minimum atomic E-state index is -0.0844. The molecule has 2 rings (SSSR count). The minimum absolute atomic E-state index is 0.0844. The topological polar surface area (TPSA) is 60.1 Å². The van der Waals surface area contributed by atoms with E-state index in [2.05, 4.69) is 26.3 Å². The highest BCUT2D eigenvalue weighted by molar-refractivity contribution is 9.10. The highest BCUT2D eigenvalue weighted by Gasteiger charge is 2.13. The van der Waals surface area contributed by atoms with Gasteiger partial charge in [-0.15, -0.1) is 0 Å². The molecule has 5 nitrogen and oxygen atoms in total. The van der Waals surface area contributed by atoms with Gasteiger partial charge in [-0.2, -0.15) is 5.10 Å². The molecule has 114 valence electrons. The van der Waals surface area contributed by atoms with E-state index in [0.717, 1.165) is 34.6 Å². The average Bonchev–Trinajstić information content (AvgIpc) is 2.89. The number of carbonyl (C=O) groups is 1. The first-order valence-corrected chi connectivity index (χ1v) is 7.74. The van der Waals surface area contributed by atoms with Crippen molar-refractivity contribution in [3.05, 3.63) is 39.0 Å². The van der Waals surface area contributed by atoms with Crippen molar-refractivity contribution < 1.29 is 9.21 Å². The zero-order valence-electron chi connectivity index (χ0n) is 12.8. The molecule has 2 aromatic heterocycles. The molecule has 0 spiro atoms. The van der Waals surface area contributed by atoms with E-state index in [0.29, 0.717) is 17.9 Å². The number of carbonyl (C=O) groups excluding carboxylic acids is 1. The summed E-state index contributed by atoms with van der Waals surface area (Å²) < 4.78 is 8.37. The molecule has 2 heterocycles. The van der Waals surface area contributed by atoms with Crippen LogP contribution in [-0.2, 0) is 6.54 Å². The largest absolute Gasteiger partial charge is 0.466 e. The summed E-state index contributed by atoms with van der Waals surface area (Å²) in [6.07, 6.45) is 0.829. The molecule has 0 radical (unpaired) electrons. The lowest BCUT2D eigenvalue weighted by Crippen LogP contribution is -2.25. The Morgan fingerprint density at radius 2 is 2.10 bits per heavy atom. The van der Waals surface area contributed by atoms with Gasteiger partial charge < -0.3 is 9.73 Å². The number of hydrogen-bond donors (Lipinski definition) is 1. The molecule has 0 aliphatic heterocycles. The Balaban J connectivity index is 1.83. The highest BCUT2D eigenvalue weighted by atomic mass is 79.9. The summed E-state index contributed by atoms with van der Waals surface area (Å²) in [5.41, 5.74) is 2.71. The van der Waals surface area contributed by atoms with E-state index >= 15 is 0 Å². The van der Waals surface area contributed by atoms with E-state index in [9.17, 15) is 4.79 Å². The molecule has 0 unspecified atom stereocenters. The van der Waals surface area contributed by atoms with Crippen LogP contribution in [0.1, 0.15) is 39.7 Å². The van der Waals surface area contributed by atoms with Crippen LogP contribution < -0.4 is 5.32 Å². The first-order valence-electron chi connectivity index (χ1n) is 6.95. The molecule has 0 atom stereocenters. The number of furan rings is 1. The summed E-state index contributed by atoms with van der Waals surface area (Å²) in [6, 6.07) is 1.77. The Bertz CT molecular complexity index is 658. The summed E-state index contributed by atoms with van der Waals surface area (Å²) in [7, 11) is 0. The normalized spacial score (nSPS) is 10.9.